The maximum absolute atomic E-state index is 11.8. The number of guanidine groups is 1. The van der Waals surface area contributed by atoms with E-state index in [0.29, 0.717) is 19.7 Å². The Hall–Kier alpha value is -1.58. The summed E-state index contributed by atoms with van der Waals surface area (Å²) in [5, 5.41) is 3.28. The van der Waals surface area contributed by atoms with Crippen LogP contribution in [0.3, 0.4) is 0 Å². The standard InChI is InChI=1S/C17H26N4O3.HI/c1-4-19-17(20-8-9-24-14-6-5-7-18-10-14)21-11-13(2)15(12-21)16(22)23-3;/h5-7,10,13,15H,4,8-9,11-12H2,1-3H3,(H,19,20);1H. The van der Waals surface area contributed by atoms with Crippen LogP contribution in [0.1, 0.15) is 13.8 Å². The van der Waals surface area contributed by atoms with Gasteiger partial charge in [0.15, 0.2) is 5.96 Å². The van der Waals surface area contributed by atoms with Crippen LogP contribution in [0.4, 0.5) is 0 Å². The topological polar surface area (TPSA) is 76.1 Å². The Kier molecular flexibility index (Phi) is 9.54. The molecule has 7 nitrogen and oxygen atoms in total. The molecule has 8 heteroatoms. The summed E-state index contributed by atoms with van der Waals surface area (Å²) in [5.41, 5.74) is 0. The summed E-state index contributed by atoms with van der Waals surface area (Å²) in [6.45, 7) is 7.29. The second-order valence-electron chi connectivity index (χ2n) is 5.78. The molecule has 1 aliphatic rings. The van der Waals surface area contributed by atoms with Crippen molar-refractivity contribution in [2.24, 2.45) is 16.8 Å². The molecule has 0 aliphatic carbocycles. The summed E-state index contributed by atoms with van der Waals surface area (Å²) in [4.78, 5) is 22.5. The summed E-state index contributed by atoms with van der Waals surface area (Å²) in [6.07, 6.45) is 3.39. The average Bonchev–Trinajstić information content (AvgIpc) is 2.99. The number of nitrogens with one attached hydrogen (secondary N) is 1. The number of ether oxygens (including phenoxy) is 2. The fourth-order valence-electron chi connectivity index (χ4n) is 2.77. The van der Waals surface area contributed by atoms with E-state index in [-0.39, 0.29) is 41.8 Å². The number of likely N-dealkylation sites (tertiary alicyclic amines) is 1. The highest BCUT2D eigenvalue weighted by Crippen LogP contribution is 2.24. The van der Waals surface area contributed by atoms with Crippen LogP contribution in [0.25, 0.3) is 0 Å². The largest absolute Gasteiger partial charge is 0.490 e. The maximum atomic E-state index is 11.8. The van der Waals surface area contributed by atoms with E-state index in [4.69, 9.17) is 9.47 Å². The first-order chi connectivity index (χ1) is 11.7. The average molecular weight is 462 g/mol. The summed E-state index contributed by atoms with van der Waals surface area (Å²) in [7, 11) is 1.44. The van der Waals surface area contributed by atoms with Gasteiger partial charge < -0.3 is 19.7 Å². The van der Waals surface area contributed by atoms with Gasteiger partial charge in [0.1, 0.15) is 12.4 Å². The predicted molar refractivity (Wildman–Crippen MR) is 107 cm³/mol. The highest BCUT2D eigenvalue weighted by molar-refractivity contribution is 14.0. The van der Waals surface area contributed by atoms with Crippen molar-refractivity contribution >= 4 is 35.9 Å². The first-order valence-electron chi connectivity index (χ1n) is 8.29. The molecule has 1 aromatic heterocycles. The van der Waals surface area contributed by atoms with Crippen molar-refractivity contribution in [2.45, 2.75) is 13.8 Å². The van der Waals surface area contributed by atoms with E-state index < -0.39 is 0 Å². The Morgan fingerprint density at radius 3 is 2.92 bits per heavy atom. The number of aromatic nitrogens is 1. The van der Waals surface area contributed by atoms with Crippen LogP contribution in [0.5, 0.6) is 5.75 Å². The smallest absolute Gasteiger partial charge is 0.310 e. The number of hydrogen-bond donors (Lipinski definition) is 1. The molecule has 1 aromatic rings. The van der Waals surface area contributed by atoms with E-state index in [1.807, 2.05) is 19.1 Å². The molecular weight excluding hydrogens is 435 g/mol. The molecule has 2 rings (SSSR count). The molecule has 0 amide bonds. The Bertz CT molecular complexity index is 556. The van der Waals surface area contributed by atoms with E-state index >= 15 is 0 Å². The van der Waals surface area contributed by atoms with Gasteiger partial charge in [-0.2, -0.15) is 0 Å². The minimum absolute atomic E-state index is 0. The SMILES string of the molecule is CCNC(=NCCOc1cccnc1)N1CC(C)C(C(=O)OC)C1.I. The Morgan fingerprint density at radius 1 is 1.48 bits per heavy atom. The van der Waals surface area contributed by atoms with E-state index in [2.05, 4.69) is 27.1 Å². The molecule has 0 bridgehead atoms. The molecule has 2 heterocycles. The van der Waals surface area contributed by atoms with Gasteiger partial charge in [-0.15, -0.1) is 24.0 Å². The molecule has 0 spiro atoms. The molecule has 1 N–H and O–H groups in total. The van der Waals surface area contributed by atoms with Crippen LogP contribution < -0.4 is 10.1 Å². The number of nitrogens with zero attached hydrogens (tertiary/aromatic N) is 3. The molecule has 1 aliphatic heterocycles. The van der Waals surface area contributed by atoms with Crippen LogP contribution in [0, 0.1) is 11.8 Å². The predicted octanol–water partition coefficient (Wildman–Crippen LogP) is 1.78. The van der Waals surface area contributed by atoms with E-state index in [0.717, 1.165) is 24.8 Å². The Labute approximate surface area is 166 Å². The number of halogens is 1. The van der Waals surface area contributed by atoms with Crippen molar-refractivity contribution in [3.8, 4) is 5.75 Å². The number of pyridine rings is 1. The van der Waals surface area contributed by atoms with Crippen molar-refractivity contribution < 1.29 is 14.3 Å². The third kappa shape index (κ3) is 6.33. The van der Waals surface area contributed by atoms with Gasteiger partial charge in [0.05, 0.1) is 25.8 Å². The molecule has 2 unspecified atom stereocenters. The molecule has 25 heavy (non-hydrogen) atoms. The summed E-state index contributed by atoms with van der Waals surface area (Å²) >= 11 is 0. The molecule has 140 valence electrons. The monoisotopic (exact) mass is 462 g/mol. The minimum Gasteiger partial charge on any atom is -0.490 e. The number of hydrogen-bond acceptors (Lipinski definition) is 5. The van der Waals surface area contributed by atoms with Crippen molar-refractivity contribution in [1.29, 1.82) is 0 Å². The quantitative estimate of drug-likeness (QED) is 0.229. The number of aliphatic imine (C=N–C) groups is 1. The first-order valence-corrected chi connectivity index (χ1v) is 8.29. The van der Waals surface area contributed by atoms with Gasteiger partial charge in [-0.25, -0.2) is 4.99 Å². The number of carbonyl (C=O) groups is 1. The maximum Gasteiger partial charge on any atom is 0.310 e. The third-order valence-corrected chi connectivity index (χ3v) is 4.01. The number of carbonyl (C=O) groups excluding carboxylic acids is 1. The third-order valence-electron chi connectivity index (χ3n) is 4.01. The lowest BCUT2D eigenvalue weighted by Crippen LogP contribution is -2.41. The van der Waals surface area contributed by atoms with Gasteiger partial charge in [0.2, 0.25) is 0 Å². The van der Waals surface area contributed by atoms with Gasteiger partial charge in [0.25, 0.3) is 0 Å². The molecule has 1 fully saturated rings. The first kappa shape index (κ1) is 21.5. The zero-order valence-electron chi connectivity index (χ0n) is 15.0. The van der Waals surface area contributed by atoms with Gasteiger partial charge in [-0.05, 0) is 25.0 Å². The second kappa shape index (κ2) is 11.1. The van der Waals surface area contributed by atoms with Crippen molar-refractivity contribution in [2.75, 3.05) is 39.9 Å². The van der Waals surface area contributed by atoms with E-state index in [1.165, 1.54) is 7.11 Å². The molecule has 0 saturated carbocycles. The highest BCUT2D eigenvalue weighted by atomic mass is 127. The van der Waals surface area contributed by atoms with Gasteiger partial charge in [0, 0.05) is 25.8 Å². The van der Waals surface area contributed by atoms with Crippen LogP contribution in [-0.4, -0.2) is 61.7 Å². The molecule has 0 aromatic carbocycles. The molecule has 2 atom stereocenters. The van der Waals surface area contributed by atoms with Crippen LogP contribution in [0.15, 0.2) is 29.5 Å². The van der Waals surface area contributed by atoms with Crippen LogP contribution in [-0.2, 0) is 9.53 Å². The van der Waals surface area contributed by atoms with Crippen molar-refractivity contribution in [3.05, 3.63) is 24.5 Å². The lowest BCUT2D eigenvalue weighted by molar-refractivity contribution is -0.145. The number of methoxy groups -OCH3 is 1. The second-order valence-corrected chi connectivity index (χ2v) is 5.78. The van der Waals surface area contributed by atoms with E-state index in [1.54, 1.807) is 12.4 Å². The summed E-state index contributed by atoms with van der Waals surface area (Å²) in [5.74, 6) is 1.53. The van der Waals surface area contributed by atoms with Crippen LogP contribution >= 0.6 is 24.0 Å². The normalized spacial score (nSPS) is 20.0. The van der Waals surface area contributed by atoms with E-state index in [9.17, 15) is 4.79 Å². The van der Waals surface area contributed by atoms with Gasteiger partial charge in [-0.3, -0.25) is 9.78 Å². The zero-order valence-corrected chi connectivity index (χ0v) is 17.3. The number of esters is 1. The molecular formula is C17H27IN4O3. The van der Waals surface area contributed by atoms with Crippen LogP contribution in [0.2, 0.25) is 0 Å². The van der Waals surface area contributed by atoms with Gasteiger partial charge in [-0.1, -0.05) is 6.92 Å². The molecule has 0 radical (unpaired) electrons. The zero-order chi connectivity index (χ0) is 17.4. The summed E-state index contributed by atoms with van der Waals surface area (Å²) in [6, 6.07) is 3.70. The lowest BCUT2D eigenvalue weighted by atomic mass is 9.99. The number of rotatable bonds is 6. The Morgan fingerprint density at radius 2 is 2.28 bits per heavy atom. The Balaban J connectivity index is 0.00000312. The van der Waals surface area contributed by atoms with Crippen molar-refractivity contribution in [3.63, 3.8) is 0 Å². The fourth-order valence-corrected chi connectivity index (χ4v) is 2.77. The molecule has 1 saturated heterocycles. The minimum atomic E-state index is -0.152. The fraction of sp³-hybridized carbons (Fsp3) is 0.588. The summed E-state index contributed by atoms with van der Waals surface area (Å²) < 4.78 is 10.5. The lowest BCUT2D eigenvalue weighted by Gasteiger charge is -2.21. The van der Waals surface area contributed by atoms with Crippen molar-refractivity contribution in [1.82, 2.24) is 15.2 Å². The van der Waals surface area contributed by atoms with Gasteiger partial charge >= 0.3 is 5.97 Å². The highest BCUT2D eigenvalue weighted by Gasteiger charge is 2.36.